The van der Waals surface area contributed by atoms with E-state index in [0.29, 0.717) is 39.0 Å². The van der Waals surface area contributed by atoms with Crippen LogP contribution in [-0.2, 0) is 15.2 Å². The Morgan fingerprint density at radius 2 is 1.70 bits per heavy atom. The lowest BCUT2D eigenvalue weighted by Gasteiger charge is -2.43. The molecule has 3 aliphatic heterocycles. The van der Waals surface area contributed by atoms with Crippen molar-refractivity contribution in [2.45, 2.75) is 88.5 Å². The van der Waals surface area contributed by atoms with Crippen molar-refractivity contribution in [1.82, 2.24) is 35.2 Å². The first-order valence-electron chi connectivity index (χ1n) is 20.3. The standard InChI is InChI=1S/C41H52BN11O4/c1-3-32-37-28(23-45-53(37)26-16-20-52(21-17-26)41(42,57)33-11-7-10-30(48-33)40(56)51-18-4-5-19-51)27-8-6-9-29(36(27)50(32)2)47-31(35(44)39(55)46-25-14-15-25)22-34(43)49-38(54)24-12-13-24/h6-11,22-26,32,47,57H,3-5,12-21,43-44H2,1-2H3,(H,46,55)(H,49,54)/b34-22+,35-31+/t32-,41?/m1/s1. The molecule has 5 aliphatic rings. The van der Waals surface area contributed by atoms with Gasteiger partial charge in [0.25, 0.3) is 11.8 Å². The summed E-state index contributed by atoms with van der Waals surface area (Å²) in [6, 6.07) is 11.1. The molecular formula is C41H52BN11O4. The number of likely N-dealkylation sites (tertiary alicyclic amines) is 2. The summed E-state index contributed by atoms with van der Waals surface area (Å²) in [4.78, 5) is 49.1. The van der Waals surface area contributed by atoms with Crippen LogP contribution in [0.4, 0.5) is 11.4 Å². The van der Waals surface area contributed by atoms with Gasteiger partial charge in [0.2, 0.25) is 5.91 Å². The number of allylic oxidation sites excluding steroid dienone is 1. The van der Waals surface area contributed by atoms with Crippen LogP contribution < -0.4 is 32.3 Å². The Labute approximate surface area is 334 Å². The minimum absolute atomic E-state index is 0.0306. The largest absolute Gasteiger partial charge is 0.393 e. The maximum atomic E-state index is 13.2. The Hall–Kier alpha value is -5.35. The third-order valence-corrected chi connectivity index (χ3v) is 11.9. The van der Waals surface area contributed by atoms with Crippen molar-refractivity contribution in [1.29, 1.82) is 0 Å². The van der Waals surface area contributed by atoms with Gasteiger partial charge in [0, 0.05) is 62.4 Å². The zero-order valence-corrected chi connectivity index (χ0v) is 32.7. The van der Waals surface area contributed by atoms with Gasteiger partial charge < -0.3 is 42.3 Å². The molecule has 2 aromatic heterocycles. The molecule has 16 heteroatoms. The van der Waals surface area contributed by atoms with Crippen molar-refractivity contribution in [3.63, 3.8) is 0 Å². The number of nitrogens with one attached hydrogen (secondary N) is 3. The molecule has 2 saturated carbocycles. The average Bonchev–Trinajstić information content (AvgIpc) is 4.13. The predicted molar refractivity (Wildman–Crippen MR) is 217 cm³/mol. The van der Waals surface area contributed by atoms with Crippen molar-refractivity contribution < 1.29 is 19.5 Å². The van der Waals surface area contributed by atoms with E-state index in [4.69, 9.17) is 24.4 Å². The van der Waals surface area contributed by atoms with Gasteiger partial charge in [0.15, 0.2) is 0 Å². The molecule has 298 valence electrons. The maximum Gasteiger partial charge on any atom is 0.272 e. The van der Waals surface area contributed by atoms with Gasteiger partial charge in [-0.1, -0.05) is 25.1 Å². The van der Waals surface area contributed by atoms with Crippen LogP contribution in [0.2, 0.25) is 0 Å². The number of pyridine rings is 1. The summed E-state index contributed by atoms with van der Waals surface area (Å²) in [5.41, 5.74) is 16.5. The van der Waals surface area contributed by atoms with Crippen LogP contribution >= 0.6 is 0 Å². The topological polar surface area (TPSA) is 200 Å². The van der Waals surface area contributed by atoms with E-state index in [9.17, 15) is 19.5 Å². The first-order valence-corrected chi connectivity index (χ1v) is 20.3. The van der Waals surface area contributed by atoms with E-state index in [-0.39, 0.29) is 64.5 Å². The fourth-order valence-electron chi connectivity index (χ4n) is 8.43. The lowest BCUT2D eigenvalue weighted by molar-refractivity contribution is -0.121. The zero-order chi connectivity index (χ0) is 40.0. The molecule has 5 heterocycles. The van der Waals surface area contributed by atoms with Gasteiger partial charge in [0.1, 0.15) is 30.7 Å². The normalized spacial score (nSPS) is 21.6. The van der Waals surface area contributed by atoms with E-state index in [0.717, 1.165) is 73.1 Å². The van der Waals surface area contributed by atoms with Crippen LogP contribution in [0.5, 0.6) is 0 Å². The fourth-order valence-corrected chi connectivity index (χ4v) is 8.43. The number of nitrogens with two attached hydrogens (primary N) is 2. The fraction of sp³-hybridized carbons (Fsp3) is 0.488. The molecular weight excluding hydrogens is 721 g/mol. The summed E-state index contributed by atoms with van der Waals surface area (Å²) >= 11 is 0. The van der Waals surface area contributed by atoms with E-state index < -0.39 is 11.5 Å². The molecule has 8 rings (SSSR count). The molecule has 3 amide bonds. The van der Waals surface area contributed by atoms with Gasteiger partial charge in [-0.3, -0.25) is 24.0 Å². The third kappa shape index (κ3) is 7.72. The van der Waals surface area contributed by atoms with Crippen molar-refractivity contribution in [3.8, 4) is 11.1 Å². The first-order chi connectivity index (χ1) is 27.4. The molecule has 2 radical (unpaired) electrons. The van der Waals surface area contributed by atoms with E-state index in [1.54, 1.807) is 23.1 Å². The number of piperidine rings is 1. The number of benzene rings is 1. The number of para-hydroxylation sites is 1. The highest BCUT2D eigenvalue weighted by molar-refractivity contribution is 6.14. The molecule has 2 atom stereocenters. The molecule has 15 nitrogen and oxygen atoms in total. The number of carbonyl (C=O) groups is 3. The van der Waals surface area contributed by atoms with Crippen LogP contribution in [0.25, 0.3) is 11.1 Å². The Balaban J connectivity index is 1.04. The van der Waals surface area contributed by atoms with Crippen LogP contribution in [0.1, 0.15) is 98.7 Å². The van der Waals surface area contributed by atoms with Crippen molar-refractivity contribution in [2.75, 3.05) is 43.4 Å². The van der Waals surface area contributed by atoms with Crippen LogP contribution in [0, 0.1) is 5.92 Å². The van der Waals surface area contributed by atoms with E-state index in [1.165, 1.54) is 6.08 Å². The second-order valence-electron chi connectivity index (χ2n) is 16.0. The van der Waals surface area contributed by atoms with Gasteiger partial charge in [0.05, 0.1) is 46.7 Å². The number of aliphatic hydroxyl groups is 1. The molecule has 2 aliphatic carbocycles. The summed E-state index contributed by atoms with van der Waals surface area (Å²) < 4.78 is 2.14. The van der Waals surface area contributed by atoms with Gasteiger partial charge in [-0.05, 0) is 76.0 Å². The summed E-state index contributed by atoms with van der Waals surface area (Å²) in [6.07, 6.45) is 11.0. The van der Waals surface area contributed by atoms with Crippen molar-refractivity contribution in [2.24, 2.45) is 17.4 Å². The summed E-state index contributed by atoms with van der Waals surface area (Å²) in [6.45, 7) is 4.57. The van der Waals surface area contributed by atoms with E-state index in [1.807, 2.05) is 23.2 Å². The lowest BCUT2D eigenvalue weighted by atomic mass is 9.83. The minimum atomic E-state index is -1.84. The number of nitrogens with zero attached hydrogens (tertiary/aromatic N) is 6. The van der Waals surface area contributed by atoms with E-state index >= 15 is 0 Å². The van der Waals surface area contributed by atoms with Crippen molar-refractivity contribution in [3.05, 3.63) is 83.0 Å². The molecule has 1 unspecified atom stereocenters. The number of amides is 3. The van der Waals surface area contributed by atoms with Gasteiger partial charge >= 0.3 is 0 Å². The Bertz CT molecular complexity index is 2110. The molecule has 4 fully saturated rings. The van der Waals surface area contributed by atoms with Gasteiger partial charge in [-0.2, -0.15) is 5.10 Å². The SMILES string of the molecule is [B]C(O)(c1cccc(C(=O)N2CCCC2)n1)N1CCC(n2ncc3c2[C@@H](CC)N(C)c2c(NC(/C=C(\N)NC(=O)C4CC4)=C(/N)C(=O)NC4CC4)cccc2-3)CC1. The Morgan fingerprint density at radius 3 is 2.39 bits per heavy atom. The van der Waals surface area contributed by atoms with Crippen molar-refractivity contribution >= 4 is 36.9 Å². The van der Waals surface area contributed by atoms with Crippen LogP contribution in [0.3, 0.4) is 0 Å². The third-order valence-electron chi connectivity index (χ3n) is 11.9. The average molecular weight is 774 g/mol. The molecule has 8 N–H and O–H groups in total. The molecule has 0 spiro atoms. The molecule has 0 bridgehead atoms. The number of fused-ring (bicyclic) bond motifs is 3. The maximum absolute atomic E-state index is 13.2. The molecule has 1 aromatic carbocycles. The second kappa shape index (κ2) is 15.5. The lowest BCUT2D eigenvalue weighted by Crippen LogP contribution is -2.51. The smallest absolute Gasteiger partial charge is 0.272 e. The quantitative estimate of drug-likeness (QED) is 0.0899. The highest BCUT2D eigenvalue weighted by Gasteiger charge is 2.39. The zero-order valence-electron chi connectivity index (χ0n) is 32.7. The van der Waals surface area contributed by atoms with Crippen LogP contribution in [-0.4, -0.2) is 94.5 Å². The Kier molecular flexibility index (Phi) is 10.5. The monoisotopic (exact) mass is 773 g/mol. The predicted octanol–water partition coefficient (Wildman–Crippen LogP) is 2.88. The number of aromatic nitrogens is 3. The Morgan fingerprint density at radius 1 is 0.982 bits per heavy atom. The summed E-state index contributed by atoms with van der Waals surface area (Å²) in [5, 5.41) is 25.7. The molecule has 2 saturated heterocycles. The minimum Gasteiger partial charge on any atom is -0.393 e. The molecule has 57 heavy (non-hydrogen) atoms. The number of rotatable bonds is 12. The highest BCUT2D eigenvalue weighted by Crippen LogP contribution is 2.50. The number of anilines is 2. The summed E-state index contributed by atoms with van der Waals surface area (Å²) in [5.74, 6) is -0.630. The molecule has 3 aromatic rings. The van der Waals surface area contributed by atoms with Crippen LogP contribution in [0.15, 0.2) is 65.9 Å². The van der Waals surface area contributed by atoms with Gasteiger partial charge in [-0.15, -0.1) is 0 Å². The number of carbonyl (C=O) groups excluding carboxylic acids is 3. The second-order valence-corrected chi connectivity index (χ2v) is 16.0. The first kappa shape index (κ1) is 38.5. The van der Waals surface area contributed by atoms with E-state index in [2.05, 4.69) is 50.6 Å². The highest BCUT2D eigenvalue weighted by atomic mass is 16.3. The summed E-state index contributed by atoms with van der Waals surface area (Å²) in [7, 11) is 8.64. The van der Waals surface area contributed by atoms with Gasteiger partial charge in [-0.25, -0.2) is 4.98 Å². The number of hydrogen-bond acceptors (Lipinski definition) is 11. The number of hydrogen-bond donors (Lipinski definition) is 6.